The summed E-state index contributed by atoms with van der Waals surface area (Å²) >= 11 is 0. The number of rotatable bonds is 7. The fourth-order valence-corrected chi connectivity index (χ4v) is 2.58. The van der Waals surface area contributed by atoms with Gasteiger partial charge in [0.25, 0.3) is 0 Å². The number of nitrogens with zero attached hydrogens (tertiary/aromatic N) is 1. The summed E-state index contributed by atoms with van der Waals surface area (Å²) in [6, 6.07) is 0.726. The van der Waals surface area contributed by atoms with Crippen molar-refractivity contribution in [2.75, 3.05) is 19.7 Å². The summed E-state index contributed by atoms with van der Waals surface area (Å²) in [6.07, 6.45) is 6.37. The van der Waals surface area contributed by atoms with Crippen LogP contribution in [0.2, 0.25) is 0 Å². The van der Waals surface area contributed by atoms with E-state index in [4.69, 9.17) is 10.8 Å². The molecule has 1 rings (SSSR count). The Bertz CT molecular complexity index is 179. The molecule has 0 spiro atoms. The van der Waals surface area contributed by atoms with E-state index in [1.807, 2.05) is 0 Å². The van der Waals surface area contributed by atoms with Gasteiger partial charge in [0.05, 0.1) is 6.61 Å². The Morgan fingerprint density at radius 3 is 2.44 bits per heavy atom. The molecule has 0 bridgehead atoms. The number of hydrogen-bond acceptors (Lipinski definition) is 3. The largest absolute Gasteiger partial charge is 0.395 e. The van der Waals surface area contributed by atoms with Crippen LogP contribution in [0, 0.1) is 5.92 Å². The Kier molecular flexibility index (Phi) is 6.32. The molecular formula is C13H28N2O. The van der Waals surface area contributed by atoms with Crippen LogP contribution < -0.4 is 5.73 Å². The first-order valence-electron chi connectivity index (χ1n) is 6.74. The molecule has 1 unspecified atom stereocenters. The number of aliphatic hydroxyl groups is 1. The first-order chi connectivity index (χ1) is 7.63. The molecule has 3 heteroatoms. The fraction of sp³-hybridized carbons (Fsp3) is 1.00. The maximum Gasteiger partial charge on any atom is 0.0583 e. The average Bonchev–Trinajstić information content (AvgIpc) is 2.76. The second-order valence-electron chi connectivity index (χ2n) is 5.56. The van der Waals surface area contributed by atoms with Crippen LogP contribution in [0.5, 0.6) is 0 Å². The summed E-state index contributed by atoms with van der Waals surface area (Å²) < 4.78 is 0. The van der Waals surface area contributed by atoms with Gasteiger partial charge in [-0.25, -0.2) is 0 Å². The molecule has 16 heavy (non-hydrogen) atoms. The Balaban J connectivity index is 2.36. The predicted molar refractivity (Wildman–Crippen MR) is 68.3 cm³/mol. The lowest BCUT2D eigenvalue weighted by atomic mass is 10.1. The van der Waals surface area contributed by atoms with Gasteiger partial charge < -0.3 is 15.7 Å². The van der Waals surface area contributed by atoms with Crippen LogP contribution in [-0.4, -0.2) is 41.8 Å². The van der Waals surface area contributed by atoms with E-state index in [1.165, 1.54) is 32.2 Å². The molecule has 1 aliphatic carbocycles. The van der Waals surface area contributed by atoms with E-state index in [-0.39, 0.29) is 12.6 Å². The van der Waals surface area contributed by atoms with Crippen molar-refractivity contribution in [1.29, 1.82) is 0 Å². The molecule has 96 valence electrons. The molecule has 1 atom stereocenters. The topological polar surface area (TPSA) is 49.5 Å². The summed E-state index contributed by atoms with van der Waals surface area (Å²) in [4.78, 5) is 2.59. The minimum absolute atomic E-state index is 0.0453. The van der Waals surface area contributed by atoms with Gasteiger partial charge >= 0.3 is 0 Å². The van der Waals surface area contributed by atoms with Gasteiger partial charge in [0.15, 0.2) is 0 Å². The molecule has 1 aliphatic rings. The smallest absolute Gasteiger partial charge is 0.0583 e. The normalized spacial score (nSPS) is 19.9. The first kappa shape index (κ1) is 13.9. The van der Waals surface area contributed by atoms with Crippen LogP contribution in [0.15, 0.2) is 0 Å². The third-order valence-corrected chi connectivity index (χ3v) is 3.46. The molecule has 0 radical (unpaired) electrons. The summed E-state index contributed by atoms with van der Waals surface area (Å²) in [6.45, 7) is 6.87. The quantitative estimate of drug-likeness (QED) is 0.696. The molecule has 0 heterocycles. The van der Waals surface area contributed by atoms with Gasteiger partial charge in [0.2, 0.25) is 0 Å². The van der Waals surface area contributed by atoms with Crippen LogP contribution >= 0.6 is 0 Å². The highest BCUT2D eigenvalue weighted by molar-refractivity contribution is 4.79. The minimum Gasteiger partial charge on any atom is -0.395 e. The van der Waals surface area contributed by atoms with Gasteiger partial charge in [-0.1, -0.05) is 26.7 Å². The fourth-order valence-electron chi connectivity index (χ4n) is 2.58. The highest BCUT2D eigenvalue weighted by Gasteiger charge is 2.23. The lowest BCUT2D eigenvalue weighted by Gasteiger charge is -2.31. The summed E-state index contributed by atoms with van der Waals surface area (Å²) in [5.41, 5.74) is 5.77. The monoisotopic (exact) mass is 228 g/mol. The van der Waals surface area contributed by atoms with Gasteiger partial charge in [-0.15, -0.1) is 0 Å². The standard InChI is InChI=1S/C13H28N2O/c1-11(2)9-15(8-7-12(14)10-16)13-5-3-4-6-13/h11-13,16H,3-10,14H2,1-2H3. The molecule has 3 N–H and O–H groups in total. The zero-order chi connectivity index (χ0) is 12.0. The Morgan fingerprint density at radius 1 is 1.31 bits per heavy atom. The maximum absolute atomic E-state index is 8.95. The number of hydrogen-bond donors (Lipinski definition) is 2. The van der Waals surface area contributed by atoms with Gasteiger partial charge in [0.1, 0.15) is 0 Å². The number of aliphatic hydroxyl groups excluding tert-OH is 1. The maximum atomic E-state index is 8.95. The lowest BCUT2D eigenvalue weighted by molar-refractivity contribution is 0.162. The van der Waals surface area contributed by atoms with Crippen LogP contribution in [0.4, 0.5) is 0 Å². The highest BCUT2D eigenvalue weighted by atomic mass is 16.3. The van der Waals surface area contributed by atoms with E-state index in [2.05, 4.69) is 18.7 Å². The van der Waals surface area contributed by atoms with Crippen LogP contribution in [-0.2, 0) is 0 Å². The van der Waals surface area contributed by atoms with E-state index in [1.54, 1.807) is 0 Å². The van der Waals surface area contributed by atoms with Crippen LogP contribution in [0.3, 0.4) is 0 Å². The predicted octanol–water partition coefficient (Wildman–Crippen LogP) is 1.60. The minimum atomic E-state index is -0.0453. The van der Waals surface area contributed by atoms with Gasteiger partial charge in [-0.3, -0.25) is 0 Å². The molecule has 0 saturated heterocycles. The van der Waals surface area contributed by atoms with Crippen molar-refractivity contribution in [2.24, 2.45) is 11.7 Å². The zero-order valence-corrected chi connectivity index (χ0v) is 10.9. The lowest BCUT2D eigenvalue weighted by Crippen LogP contribution is -2.39. The van der Waals surface area contributed by atoms with Crippen LogP contribution in [0.1, 0.15) is 46.0 Å². The Labute approximate surface area is 100 Å². The van der Waals surface area contributed by atoms with Gasteiger partial charge in [-0.2, -0.15) is 0 Å². The summed E-state index contributed by atoms with van der Waals surface area (Å²) in [7, 11) is 0. The molecule has 0 aromatic rings. The van der Waals surface area contributed by atoms with Crippen molar-refractivity contribution in [3.8, 4) is 0 Å². The van der Waals surface area contributed by atoms with Crippen molar-refractivity contribution in [3.05, 3.63) is 0 Å². The molecular weight excluding hydrogens is 200 g/mol. The third-order valence-electron chi connectivity index (χ3n) is 3.46. The van der Waals surface area contributed by atoms with Crippen molar-refractivity contribution < 1.29 is 5.11 Å². The molecule has 0 amide bonds. The summed E-state index contributed by atoms with van der Waals surface area (Å²) in [5, 5.41) is 8.95. The molecule has 3 nitrogen and oxygen atoms in total. The molecule has 1 fully saturated rings. The van der Waals surface area contributed by atoms with E-state index in [9.17, 15) is 0 Å². The second-order valence-corrected chi connectivity index (χ2v) is 5.56. The molecule has 0 aromatic carbocycles. The van der Waals surface area contributed by atoms with E-state index in [0.717, 1.165) is 19.0 Å². The van der Waals surface area contributed by atoms with E-state index < -0.39 is 0 Å². The van der Waals surface area contributed by atoms with Gasteiger partial charge in [-0.05, 0) is 31.7 Å². The summed E-state index contributed by atoms with van der Waals surface area (Å²) in [5.74, 6) is 0.714. The van der Waals surface area contributed by atoms with Crippen molar-refractivity contribution in [3.63, 3.8) is 0 Å². The molecule has 0 aromatic heterocycles. The van der Waals surface area contributed by atoms with Crippen molar-refractivity contribution in [2.45, 2.75) is 58.0 Å². The first-order valence-corrected chi connectivity index (χ1v) is 6.74. The average molecular weight is 228 g/mol. The van der Waals surface area contributed by atoms with Crippen molar-refractivity contribution >= 4 is 0 Å². The zero-order valence-electron chi connectivity index (χ0n) is 10.9. The Morgan fingerprint density at radius 2 is 1.94 bits per heavy atom. The highest BCUT2D eigenvalue weighted by Crippen LogP contribution is 2.24. The third kappa shape index (κ3) is 4.81. The van der Waals surface area contributed by atoms with Crippen LogP contribution in [0.25, 0.3) is 0 Å². The van der Waals surface area contributed by atoms with Gasteiger partial charge in [0, 0.05) is 18.6 Å². The van der Waals surface area contributed by atoms with E-state index in [0.29, 0.717) is 5.92 Å². The second kappa shape index (κ2) is 7.25. The Hall–Kier alpha value is -0.120. The SMILES string of the molecule is CC(C)CN(CCC(N)CO)C1CCCC1. The van der Waals surface area contributed by atoms with Crippen molar-refractivity contribution in [1.82, 2.24) is 4.90 Å². The molecule has 0 aliphatic heterocycles. The van der Waals surface area contributed by atoms with E-state index >= 15 is 0 Å². The molecule has 1 saturated carbocycles. The number of nitrogens with two attached hydrogens (primary N) is 1.